The van der Waals surface area contributed by atoms with E-state index in [9.17, 15) is 9.59 Å². The Bertz CT molecular complexity index is 534. The summed E-state index contributed by atoms with van der Waals surface area (Å²) in [6, 6.07) is 10.1. The number of benzene rings is 1. The molecule has 0 aliphatic carbocycles. The zero-order chi connectivity index (χ0) is 12.8. The molecule has 0 atom stereocenters. The van der Waals surface area contributed by atoms with Gasteiger partial charge in [-0.25, -0.2) is 4.79 Å². The van der Waals surface area contributed by atoms with Crippen LogP contribution in [0.2, 0.25) is 0 Å². The third kappa shape index (κ3) is 2.98. The number of anilines is 1. The number of furan rings is 1. The van der Waals surface area contributed by atoms with E-state index in [-0.39, 0.29) is 6.61 Å². The second-order valence-corrected chi connectivity index (χ2v) is 3.49. The smallest absolute Gasteiger partial charge is 0.412 e. The van der Waals surface area contributed by atoms with E-state index in [2.05, 4.69) is 5.32 Å². The fraction of sp³-hybridized carbons (Fsp3) is 0.0769. The van der Waals surface area contributed by atoms with Crippen molar-refractivity contribution in [2.75, 3.05) is 5.32 Å². The molecule has 18 heavy (non-hydrogen) atoms. The third-order valence-electron chi connectivity index (χ3n) is 2.25. The Balaban J connectivity index is 1.92. The second kappa shape index (κ2) is 5.67. The van der Waals surface area contributed by atoms with E-state index < -0.39 is 6.09 Å². The van der Waals surface area contributed by atoms with Crippen LogP contribution < -0.4 is 5.32 Å². The first-order valence-corrected chi connectivity index (χ1v) is 5.30. The molecule has 1 aromatic heterocycles. The van der Waals surface area contributed by atoms with E-state index in [1.54, 1.807) is 36.4 Å². The van der Waals surface area contributed by atoms with Crippen LogP contribution in [0.15, 0.2) is 47.1 Å². The van der Waals surface area contributed by atoms with E-state index >= 15 is 0 Å². The Morgan fingerprint density at radius 2 is 2.11 bits per heavy atom. The average molecular weight is 245 g/mol. The lowest BCUT2D eigenvalue weighted by atomic mass is 10.2. The van der Waals surface area contributed by atoms with Gasteiger partial charge >= 0.3 is 6.09 Å². The predicted octanol–water partition coefficient (Wildman–Crippen LogP) is 2.84. The monoisotopic (exact) mass is 245 g/mol. The highest BCUT2D eigenvalue weighted by Crippen LogP contribution is 2.13. The summed E-state index contributed by atoms with van der Waals surface area (Å²) in [7, 11) is 0. The van der Waals surface area contributed by atoms with Crippen LogP contribution in [0, 0.1) is 0 Å². The minimum atomic E-state index is -0.638. The Morgan fingerprint density at radius 1 is 1.28 bits per heavy atom. The molecule has 0 bridgehead atoms. The maximum Gasteiger partial charge on any atom is 0.412 e. The van der Waals surface area contributed by atoms with Crippen molar-refractivity contribution in [1.82, 2.24) is 0 Å². The zero-order valence-electron chi connectivity index (χ0n) is 9.46. The first-order chi connectivity index (χ1) is 8.79. The summed E-state index contributed by atoms with van der Waals surface area (Å²) in [6.07, 6.45) is 1.53. The van der Waals surface area contributed by atoms with Crippen LogP contribution in [0.25, 0.3) is 0 Å². The largest absolute Gasteiger partial charge is 0.466 e. The Morgan fingerprint density at radius 3 is 2.83 bits per heavy atom. The molecule has 0 saturated carbocycles. The lowest BCUT2D eigenvalue weighted by Crippen LogP contribution is -2.14. The fourth-order valence-corrected chi connectivity index (χ4v) is 1.39. The van der Waals surface area contributed by atoms with Crippen molar-refractivity contribution in [3.05, 3.63) is 54.0 Å². The van der Waals surface area contributed by atoms with Gasteiger partial charge in [-0.15, -0.1) is 0 Å². The highest BCUT2D eigenvalue weighted by Gasteiger charge is 2.07. The summed E-state index contributed by atoms with van der Waals surface area (Å²) in [6.45, 7) is 0.0437. The number of nitrogens with one attached hydrogen (secondary N) is 1. The standard InChI is InChI=1S/C13H11NO4/c15-8-10-4-1-2-6-12(10)14-13(16)18-9-11-5-3-7-17-11/h1-8H,9H2,(H,14,16). The predicted molar refractivity (Wildman–Crippen MR) is 64.3 cm³/mol. The zero-order valence-corrected chi connectivity index (χ0v) is 9.46. The quantitative estimate of drug-likeness (QED) is 0.841. The van der Waals surface area contributed by atoms with E-state index in [0.29, 0.717) is 23.3 Å². The number of hydrogen-bond acceptors (Lipinski definition) is 4. The van der Waals surface area contributed by atoms with Gasteiger partial charge in [-0.2, -0.15) is 0 Å². The summed E-state index contributed by atoms with van der Waals surface area (Å²) in [5.74, 6) is 0.550. The number of amides is 1. The van der Waals surface area contributed by atoms with E-state index in [4.69, 9.17) is 9.15 Å². The third-order valence-corrected chi connectivity index (χ3v) is 2.25. The molecule has 0 aliphatic rings. The van der Waals surface area contributed by atoms with Crippen molar-refractivity contribution in [3.63, 3.8) is 0 Å². The number of ether oxygens (including phenoxy) is 1. The fourth-order valence-electron chi connectivity index (χ4n) is 1.39. The van der Waals surface area contributed by atoms with E-state index in [0.717, 1.165) is 0 Å². The lowest BCUT2D eigenvalue weighted by molar-refractivity contribution is 0.112. The van der Waals surface area contributed by atoms with Crippen LogP contribution in [0.5, 0.6) is 0 Å². The van der Waals surface area contributed by atoms with Gasteiger partial charge < -0.3 is 9.15 Å². The topological polar surface area (TPSA) is 68.5 Å². The second-order valence-electron chi connectivity index (χ2n) is 3.49. The molecule has 0 radical (unpaired) electrons. The number of carbonyl (C=O) groups is 2. The number of rotatable bonds is 4. The van der Waals surface area contributed by atoms with Gasteiger partial charge in [0.2, 0.25) is 0 Å². The van der Waals surface area contributed by atoms with E-state index in [1.807, 2.05) is 0 Å². The van der Waals surface area contributed by atoms with Gasteiger partial charge in [-0.1, -0.05) is 12.1 Å². The Kier molecular flexibility index (Phi) is 3.76. The van der Waals surface area contributed by atoms with Crippen LogP contribution >= 0.6 is 0 Å². The molecular weight excluding hydrogens is 234 g/mol. The molecule has 1 aromatic carbocycles. The molecule has 1 amide bonds. The summed E-state index contributed by atoms with van der Waals surface area (Å²) in [4.78, 5) is 22.2. The molecule has 0 unspecified atom stereocenters. The molecule has 0 saturated heterocycles. The maximum atomic E-state index is 11.5. The highest BCUT2D eigenvalue weighted by molar-refractivity contribution is 5.92. The summed E-state index contributed by atoms with van der Waals surface area (Å²) >= 11 is 0. The number of carbonyl (C=O) groups excluding carboxylic acids is 2. The first kappa shape index (κ1) is 11.9. The van der Waals surface area contributed by atoms with Crippen molar-refractivity contribution in [2.24, 2.45) is 0 Å². The van der Waals surface area contributed by atoms with Crippen LogP contribution in [0.3, 0.4) is 0 Å². The lowest BCUT2D eigenvalue weighted by Gasteiger charge is -2.07. The average Bonchev–Trinajstić information content (AvgIpc) is 2.90. The van der Waals surface area contributed by atoms with Crippen molar-refractivity contribution in [1.29, 1.82) is 0 Å². The normalized spacial score (nSPS) is 9.78. The molecule has 0 aliphatic heterocycles. The maximum absolute atomic E-state index is 11.5. The summed E-state index contributed by atoms with van der Waals surface area (Å²) in [5, 5.41) is 2.49. The van der Waals surface area contributed by atoms with Crippen LogP contribution in [0.1, 0.15) is 16.1 Å². The Labute approximate surface area is 103 Å². The van der Waals surface area contributed by atoms with Gasteiger partial charge in [-0.3, -0.25) is 10.1 Å². The van der Waals surface area contributed by atoms with Gasteiger partial charge in [0.1, 0.15) is 5.76 Å². The van der Waals surface area contributed by atoms with Crippen molar-refractivity contribution >= 4 is 18.1 Å². The van der Waals surface area contributed by atoms with Crippen LogP contribution in [0.4, 0.5) is 10.5 Å². The minimum absolute atomic E-state index is 0.0437. The van der Waals surface area contributed by atoms with Gasteiger partial charge in [0.15, 0.2) is 12.9 Å². The van der Waals surface area contributed by atoms with E-state index in [1.165, 1.54) is 6.26 Å². The Hall–Kier alpha value is -2.56. The molecule has 2 aromatic rings. The molecular formula is C13H11NO4. The van der Waals surface area contributed by atoms with Crippen molar-refractivity contribution in [3.8, 4) is 0 Å². The molecule has 5 heteroatoms. The van der Waals surface area contributed by atoms with Crippen LogP contribution in [-0.2, 0) is 11.3 Å². The van der Waals surface area contributed by atoms with Gasteiger partial charge in [-0.05, 0) is 24.3 Å². The first-order valence-electron chi connectivity index (χ1n) is 5.30. The minimum Gasteiger partial charge on any atom is -0.466 e. The molecule has 0 spiro atoms. The van der Waals surface area contributed by atoms with Crippen molar-refractivity contribution in [2.45, 2.75) is 6.61 Å². The number of hydrogen-bond donors (Lipinski definition) is 1. The summed E-state index contributed by atoms with van der Waals surface area (Å²) < 4.78 is 9.95. The SMILES string of the molecule is O=Cc1ccccc1NC(=O)OCc1ccco1. The highest BCUT2D eigenvalue weighted by atomic mass is 16.6. The molecule has 5 nitrogen and oxygen atoms in total. The molecule has 92 valence electrons. The van der Waals surface area contributed by atoms with Gasteiger partial charge in [0.05, 0.1) is 12.0 Å². The summed E-state index contributed by atoms with van der Waals surface area (Å²) in [5.41, 5.74) is 0.810. The number of aldehydes is 1. The van der Waals surface area contributed by atoms with Gasteiger partial charge in [0.25, 0.3) is 0 Å². The molecule has 1 N–H and O–H groups in total. The van der Waals surface area contributed by atoms with Crippen LogP contribution in [-0.4, -0.2) is 12.4 Å². The van der Waals surface area contributed by atoms with Crippen molar-refractivity contribution < 1.29 is 18.7 Å². The number of para-hydroxylation sites is 1. The molecule has 2 rings (SSSR count). The molecule has 1 heterocycles. The molecule has 0 fully saturated rings. The van der Waals surface area contributed by atoms with Gasteiger partial charge in [0, 0.05) is 5.56 Å².